The number of benzene rings is 2. The summed E-state index contributed by atoms with van der Waals surface area (Å²) in [6, 6.07) is 8.75. The minimum absolute atomic E-state index is 0.0434. The minimum atomic E-state index is -0.327. The van der Waals surface area contributed by atoms with Crippen LogP contribution in [-0.4, -0.2) is 32.2 Å². The number of aromatic nitrogens is 1. The molecule has 7 nitrogen and oxygen atoms in total. The molecule has 0 saturated heterocycles. The van der Waals surface area contributed by atoms with Crippen molar-refractivity contribution in [3.8, 4) is 17.2 Å². The lowest BCUT2D eigenvalue weighted by Gasteiger charge is -2.14. The molecule has 1 aromatic heterocycles. The molecule has 1 aliphatic carbocycles. The summed E-state index contributed by atoms with van der Waals surface area (Å²) in [5, 5.41) is 3.90. The van der Waals surface area contributed by atoms with Gasteiger partial charge in [-0.3, -0.25) is 9.59 Å². The van der Waals surface area contributed by atoms with Crippen molar-refractivity contribution >= 4 is 22.5 Å². The average molecular weight is 394 g/mol. The lowest BCUT2D eigenvalue weighted by molar-refractivity contribution is 0.102. The molecule has 1 amide bonds. The molecule has 0 unspecified atom stereocenters. The number of fused-ring (bicyclic) bond motifs is 3. The van der Waals surface area contributed by atoms with Gasteiger partial charge in [0.05, 0.1) is 26.8 Å². The SMILES string of the molecule is COc1cc(C(=O)Nc2ccc3c4c(c(=O)[nH]c3c2)CCC4)cc(OC)c1OC. The van der Waals surface area contributed by atoms with E-state index in [2.05, 4.69) is 10.3 Å². The highest BCUT2D eigenvalue weighted by Crippen LogP contribution is 2.38. The summed E-state index contributed by atoms with van der Waals surface area (Å²) in [5.41, 5.74) is 3.63. The van der Waals surface area contributed by atoms with E-state index in [0.717, 1.165) is 41.3 Å². The van der Waals surface area contributed by atoms with E-state index in [-0.39, 0.29) is 11.5 Å². The summed E-state index contributed by atoms with van der Waals surface area (Å²) in [7, 11) is 4.50. The first-order valence-electron chi connectivity index (χ1n) is 9.35. The molecule has 2 aromatic carbocycles. The van der Waals surface area contributed by atoms with Crippen LogP contribution in [0.3, 0.4) is 0 Å². The summed E-state index contributed by atoms with van der Waals surface area (Å²) in [4.78, 5) is 28.0. The second-order valence-corrected chi connectivity index (χ2v) is 6.89. The number of methoxy groups -OCH3 is 3. The number of nitrogens with one attached hydrogen (secondary N) is 2. The Labute approximate surface area is 167 Å². The number of carbonyl (C=O) groups is 1. The van der Waals surface area contributed by atoms with Crippen LogP contribution in [0.15, 0.2) is 35.1 Å². The molecule has 3 aromatic rings. The van der Waals surface area contributed by atoms with Crippen LogP contribution < -0.4 is 25.1 Å². The Hall–Kier alpha value is -3.48. The first-order valence-corrected chi connectivity index (χ1v) is 9.35. The van der Waals surface area contributed by atoms with Gasteiger partial charge in [-0.15, -0.1) is 0 Å². The second-order valence-electron chi connectivity index (χ2n) is 6.89. The molecule has 0 fully saturated rings. The highest BCUT2D eigenvalue weighted by atomic mass is 16.5. The number of hydrogen-bond donors (Lipinski definition) is 2. The first-order chi connectivity index (χ1) is 14.0. The highest BCUT2D eigenvalue weighted by molar-refractivity contribution is 6.06. The van der Waals surface area contributed by atoms with Crippen LogP contribution in [0, 0.1) is 0 Å². The van der Waals surface area contributed by atoms with Crippen LogP contribution in [0.25, 0.3) is 10.9 Å². The van der Waals surface area contributed by atoms with Gasteiger partial charge in [-0.1, -0.05) is 6.07 Å². The number of amides is 1. The fourth-order valence-corrected chi connectivity index (χ4v) is 3.89. The lowest BCUT2D eigenvalue weighted by Crippen LogP contribution is -2.14. The molecule has 0 saturated carbocycles. The molecule has 4 rings (SSSR count). The molecule has 1 aliphatic rings. The highest BCUT2D eigenvalue weighted by Gasteiger charge is 2.19. The van der Waals surface area contributed by atoms with Crippen LogP contribution in [0.2, 0.25) is 0 Å². The van der Waals surface area contributed by atoms with Crippen molar-refractivity contribution in [3.63, 3.8) is 0 Å². The van der Waals surface area contributed by atoms with Gasteiger partial charge in [0.1, 0.15) is 0 Å². The van der Waals surface area contributed by atoms with E-state index in [1.807, 2.05) is 12.1 Å². The quantitative estimate of drug-likeness (QED) is 0.693. The molecule has 0 bridgehead atoms. The second kappa shape index (κ2) is 7.50. The Morgan fingerprint density at radius 2 is 1.66 bits per heavy atom. The topological polar surface area (TPSA) is 89.7 Å². The predicted octanol–water partition coefficient (Wildman–Crippen LogP) is 3.29. The Bertz CT molecular complexity index is 1140. The summed E-state index contributed by atoms with van der Waals surface area (Å²) >= 11 is 0. The normalized spacial score (nSPS) is 12.5. The Kier molecular flexibility index (Phi) is 4.88. The van der Waals surface area contributed by atoms with Gasteiger partial charge in [0.15, 0.2) is 11.5 Å². The zero-order valence-electron chi connectivity index (χ0n) is 16.5. The predicted molar refractivity (Wildman–Crippen MR) is 111 cm³/mol. The molecule has 7 heteroatoms. The zero-order valence-corrected chi connectivity index (χ0v) is 16.5. The Morgan fingerprint density at radius 1 is 0.966 bits per heavy atom. The van der Waals surface area contributed by atoms with Crippen molar-refractivity contribution in [1.29, 1.82) is 0 Å². The van der Waals surface area contributed by atoms with Gasteiger partial charge >= 0.3 is 0 Å². The molecular weight excluding hydrogens is 372 g/mol. The number of hydrogen-bond acceptors (Lipinski definition) is 5. The maximum atomic E-state index is 12.8. The zero-order chi connectivity index (χ0) is 20.5. The Morgan fingerprint density at radius 3 is 2.31 bits per heavy atom. The largest absolute Gasteiger partial charge is 0.493 e. The van der Waals surface area contributed by atoms with Gasteiger partial charge in [-0.2, -0.15) is 0 Å². The van der Waals surface area contributed by atoms with Crippen molar-refractivity contribution in [2.75, 3.05) is 26.6 Å². The van der Waals surface area contributed by atoms with Gasteiger partial charge in [0.2, 0.25) is 5.75 Å². The number of aromatic amines is 1. The monoisotopic (exact) mass is 394 g/mol. The number of aryl methyl sites for hydroxylation is 1. The summed E-state index contributed by atoms with van der Waals surface area (Å²) in [6.45, 7) is 0. The van der Waals surface area contributed by atoms with E-state index in [0.29, 0.717) is 28.5 Å². The van der Waals surface area contributed by atoms with E-state index < -0.39 is 0 Å². The van der Waals surface area contributed by atoms with Crippen LogP contribution in [0.4, 0.5) is 5.69 Å². The maximum absolute atomic E-state index is 12.8. The van der Waals surface area contributed by atoms with Gasteiger partial charge in [-0.05, 0) is 49.1 Å². The summed E-state index contributed by atoms with van der Waals surface area (Å²) in [6.07, 6.45) is 2.73. The van der Waals surface area contributed by atoms with E-state index >= 15 is 0 Å². The molecule has 0 aliphatic heterocycles. The standard InChI is InChI=1S/C22H22N2O5/c1-27-18-9-12(10-19(28-2)20(18)29-3)21(25)23-13-7-8-15-14-5-4-6-16(14)22(26)24-17(15)11-13/h7-11H,4-6H2,1-3H3,(H,23,25)(H,24,26). The third-order valence-corrected chi connectivity index (χ3v) is 5.27. The van der Waals surface area contributed by atoms with Crippen molar-refractivity contribution in [1.82, 2.24) is 4.98 Å². The van der Waals surface area contributed by atoms with E-state index in [1.165, 1.54) is 21.3 Å². The number of anilines is 1. The molecule has 2 N–H and O–H groups in total. The number of rotatable bonds is 5. The van der Waals surface area contributed by atoms with Crippen molar-refractivity contribution in [2.45, 2.75) is 19.3 Å². The molecule has 1 heterocycles. The number of carbonyl (C=O) groups excluding carboxylic acids is 1. The minimum Gasteiger partial charge on any atom is -0.493 e. The molecule has 29 heavy (non-hydrogen) atoms. The molecule has 150 valence electrons. The van der Waals surface area contributed by atoms with Gasteiger partial charge in [0, 0.05) is 22.2 Å². The van der Waals surface area contributed by atoms with Gasteiger partial charge in [-0.25, -0.2) is 0 Å². The van der Waals surface area contributed by atoms with E-state index in [4.69, 9.17) is 14.2 Å². The fourth-order valence-electron chi connectivity index (χ4n) is 3.89. The van der Waals surface area contributed by atoms with Crippen molar-refractivity contribution in [2.24, 2.45) is 0 Å². The molecular formula is C22H22N2O5. The van der Waals surface area contributed by atoms with Crippen LogP contribution in [0.5, 0.6) is 17.2 Å². The fraction of sp³-hybridized carbons (Fsp3) is 0.273. The molecule has 0 atom stereocenters. The van der Waals surface area contributed by atoms with Gasteiger partial charge in [0.25, 0.3) is 11.5 Å². The first kappa shape index (κ1) is 18.9. The lowest BCUT2D eigenvalue weighted by atomic mass is 10.1. The summed E-state index contributed by atoms with van der Waals surface area (Å²) in [5.74, 6) is 0.890. The number of H-pyrrole nitrogens is 1. The molecule has 0 radical (unpaired) electrons. The van der Waals surface area contributed by atoms with Crippen LogP contribution in [-0.2, 0) is 12.8 Å². The smallest absolute Gasteiger partial charge is 0.255 e. The Balaban J connectivity index is 1.67. The van der Waals surface area contributed by atoms with Crippen LogP contribution >= 0.6 is 0 Å². The van der Waals surface area contributed by atoms with Crippen molar-refractivity contribution < 1.29 is 19.0 Å². The van der Waals surface area contributed by atoms with Crippen molar-refractivity contribution in [3.05, 3.63) is 57.4 Å². The molecule has 0 spiro atoms. The number of ether oxygens (including phenoxy) is 3. The van der Waals surface area contributed by atoms with Crippen LogP contribution in [0.1, 0.15) is 27.9 Å². The summed E-state index contributed by atoms with van der Waals surface area (Å²) < 4.78 is 15.9. The van der Waals surface area contributed by atoms with Gasteiger partial charge < -0.3 is 24.5 Å². The third-order valence-electron chi connectivity index (χ3n) is 5.27. The maximum Gasteiger partial charge on any atom is 0.255 e. The van der Waals surface area contributed by atoms with E-state index in [1.54, 1.807) is 18.2 Å². The average Bonchev–Trinajstić information content (AvgIpc) is 3.23. The third kappa shape index (κ3) is 3.29. The number of pyridine rings is 1. The van der Waals surface area contributed by atoms with E-state index in [9.17, 15) is 9.59 Å².